The van der Waals surface area contributed by atoms with Crippen LogP contribution in [0.5, 0.6) is 0 Å². The van der Waals surface area contributed by atoms with Crippen LogP contribution in [0, 0.1) is 12.7 Å². The Labute approximate surface area is 95.8 Å². The van der Waals surface area contributed by atoms with Gasteiger partial charge in [0.05, 0.1) is 6.10 Å². The predicted octanol–water partition coefficient (Wildman–Crippen LogP) is 2.40. The van der Waals surface area contributed by atoms with Gasteiger partial charge in [-0.2, -0.15) is 0 Å². The summed E-state index contributed by atoms with van der Waals surface area (Å²) >= 11 is 0. The monoisotopic (exact) mass is 223 g/mol. The molecule has 0 aromatic heterocycles. The molecule has 1 aliphatic rings. The fourth-order valence-electron chi connectivity index (χ4n) is 2.00. The van der Waals surface area contributed by atoms with E-state index in [4.69, 9.17) is 4.74 Å². The summed E-state index contributed by atoms with van der Waals surface area (Å²) in [6.07, 6.45) is 2.58. The number of aryl methyl sites for hydroxylation is 1. The molecule has 88 valence electrons. The van der Waals surface area contributed by atoms with E-state index >= 15 is 0 Å². The van der Waals surface area contributed by atoms with Gasteiger partial charge >= 0.3 is 0 Å². The average Bonchev–Trinajstić information content (AvgIpc) is 2.21. The van der Waals surface area contributed by atoms with Gasteiger partial charge in [0.15, 0.2) is 0 Å². The molecule has 1 aromatic carbocycles. The van der Waals surface area contributed by atoms with Crippen molar-refractivity contribution in [3.05, 3.63) is 35.1 Å². The first-order chi connectivity index (χ1) is 7.69. The Morgan fingerprint density at radius 1 is 1.44 bits per heavy atom. The highest BCUT2D eigenvalue weighted by molar-refractivity contribution is 5.23. The molecular weight excluding hydrogens is 205 g/mol. The van der Waals surface area contributed by atoms with Crippen LogP contribution in [0.1, 0.15) is 24.0 Å². The van der Waals surface area contributed by atoms with Crippen molar-refractivity contribution in [3.8, 4) is 0 Å². The molecule has 2 rings (SSSR count). The van der Waals surface area contributed by atoms with E-state index in [-0.39, 0.29) is 5.82 Å². The third kappa shape index (κ3) is 2.60. The zero-order chi connectivity index (χ0) is 11.5. The van der Waals surface area contributed by atoms with Gasteiger partial charge in [-0.25, -0.2) is 4.39 Å². The second-order valence-corrected chi connectivity index (χ2v) is 4.49. The highest BCUT2D eigenvalue weighted by atomic mass is 19.1. The minimum Gasteiger partial charge on any atom is -0.381 e. The predicted molar refractivity (Wildman–Crippen MR) is 61.8 cm³/mol. The highest BCUT2D eigenvalue weighted by Gasteiger charge is 2.28. The van der Waals surface area contributed by atoms with Crippen molar-refractivity contribution in [2.75, 3.05) is 7.11 Å². The number of ether oxygens (including phenoxy) is 1. The lowest BCUT2D eigenvalue weighted by Gasteiger charge is -2.34. The summed E-state index contributed by atoms with van der Waals surface area (Å²) in [5, 5.41) is 3.44. The molecule has 1 fully saturated rings. The van der Waals surface area contributed by atoms with Gasteiger partial charge in [-0.3, -0.25) is 0 Å². The van der Waals surface area contributed by atoms with Gasteiger partial charge in [0.2, 0.25) is 0 Å². The fraction of sp³-hybridized carbons (Fsp3) is 0.538. The molecule has 2 nitrogen and oxygen atoms in total. The summed E-state index contributed by atoms with van der Waals surface area (Å²) < 4.78 is 18.2. The average molecular weight is 223 g/mol. The Bertz CT molecular complexity index is 361. The minimum atomic E-state index is -0.133. The number of rotatable bonds is 4. The molecule has 3 heteroatoms. The Morgan fingerprint density at radius 2 is 2.19 bits per heavy atom. The maximum atomic E-state index is 13.0. The van der Waals surface area contributed by atoms with Crippen molar-refractivity contribution in [2.45, 2.75) is 38.5 Å². The van der Waals surface area contributed by atoms with Crippen molar-refractivity contribution in [3.63, 3.8) is 0 Å². The summed E-state index contributed by atoms with van der Waals surface area (Å²) in [4.78, 5) is 0. The maximum Gasteiger partial charge on any atom is 0.126 e. The van der Waals surface area contributed by atoms with Gasteiger partial charge in [-0.1, -0.05) is 12.1 Å². The third-order valence-electron chi connectivity index (χ3n) is 3.25. The molecule has 0 bridgehead atoms. The Hall–Kier alpha value is -0.930. The molecule has 0 spiro atoms. The van der Waals surface area contributed by atoms with Crippen molar-refractivity contribution >= 4 is 0 Å². The molecule has 1 aliphatic carbocycles. The SMILES string of the molecule is COC1CC(NCc2ccc(F)c(C)c2)C1. The first kappa shape index (κ1) is 11.6. The first-order valence-electron chi connectivity index (χ1n) is 5.70. The topological polar surface area (TPSA) is 21.3 Å². The third-order valence-corrected chi connectivity index (χ3v) is 3.25. The lowest BCUT2D eigenvalue weighted by Crippen LogP contribution is -2.44. The van der Waals surface area contributed by atoms with E-state index in [2.05, 4.69) is 5.32 Å². The largest absolute Gasteiger partial charge is 0.381 e. The molecule has 1 saturated carbocycles. The molecule has 1 aromatic rings. The number of benzene rings is 1. The Kier molecular flexibility index (Phi) is 3.56. The van der Waals surface area contributed by atoms with Crippen LogP contribution in [0.25, 0.3) is 0 Å². The van der Waals surface area contributed by atoms with Gasteiger partial charge < -0.3 is 10.1 Å². The summed E-state index contributed by atoms with van der Waals surface area (Å²) in [7, 11) is 1.75. The van der Waals surface area contributed by atoms with Crippen molar-refractivity contribution < 1.29 is 9.13 Å². The molecule has 0 unspecified atom stereocenters. The van der Waals surface area contributed by atoms with Crippen LogP contribution in [0.2, 0.25) is 0 Å². The summed E-state index contributed by atoms with van der Waals surface area (Å²) in [6, 6.07) is 5.82. The number of nitrogens with one attached hydrogen (secondary N) is 1. The lowest BCUT2D eigenvalue weighted by molar-refractivity contribution is 0.0170. The molecule has 0 heterocycles. The van der Waals surface area contributed by atoms with Gasteiger partial charge in [0.1, 0.15) is 5.82 Å². The molecule has 16 heavy (non-hydrogen) atoms. The summed E-state index contributed by atoms with van der Waals surface area (Å²) in [6.45, 7) is 2.60. The van der Waals surface area contributed by atoms with E-state index in [1.807, 2.05) is 12.1 Å². The molecule has 0 amide bonds. The van der Waals surface area contributed by atoms with Crippen LogP contribution in [-0.4, -0.2) is 19.3 Å². The van der Waals surface area contributed by atoms with Crippen LogP contribution in [0.4, 0.5) is 4.39 Å². The van der Waals surface area contributed by atoms with Crippen molar-refractivity contribution in [1.82, 2.24) is 5.32 Å². The quantitative estimate of drug-likeness (QED) is 0.846. The van der Waals surface area contributed by atoms with Crippen molar-refractivity contribution in [2.24, 2.45) is 0 Å². The van der Waals surface area contributed by atoms with Crippen molar-refractivity contribution in [1.29, 1.82) is 0 Å². The van der Waals surface area contributed by atoms with Crippen LogP contribution in [0.3, 0.4) is 0 Å². The van der Waals surface area contributed by atoms with E-state index in [0.29, 0.717) is 17.7 Å². The van der Waals surface area contributed by atoms with Gasteiger partial charge in [-0.15, -0.1) is 0 Å². The van der Waals surface area contributed by atoms with E-state index in [0.717, 1.165) is 24.9 Å². The summed E-state index contributed by atoms with van der Waals surface area (Å²) in [5.74, 6) is -0.133. The Balaban J connectivity index is 1.80. The van der Waals surface area contributed by atoms with Gasteiger partial charge in [-0.05, 0) is 37.0 Å². The fourth-order valence-corrected chi connectivity index (χ4v) is 2.00. The second kappa shape index (κ2) is 4.93. The maximum absolute atomic E-state index is 13.0. The first-order valence-corrected chi connectivity index (χ1v) is 5.70. The zero-order valence-corrected chi connectivity index (χ0v) is 9.79. The number of methoxy groups -OCH3 is 1. The normalized spacial score (nSPS) is 24.2. The van der Waals surface area contributed by atoms with E-state index in [9.17, 15) is 4.39 Å². The standard InChI is InChI=1S/C13H18FNO/c1-9-5-10(3-4-13(9)14)8-15-11-6-12(7-11)16-2/h3-5,11-12,15H,6-8H2,1-2H3. The molecule has 0 aliphatic heterocycles. The van der Waals surface area contributed by atoms with Gasteiger partial charge in [0, 0.05) is 19.7 Å². The lowest BCUT2D eigenvalue weighted by atomic mass is 9.89. The molecular formula is C13H18FNO. The van der Waals surface area contributed by atoms with Crippen LogP contribution in [-0.2, 0) is 11.3 Å². The Morgan fingerprint density at radius 3 is 2.81 bits per heavy atom. The molecule has 0 radical (unpaired) electrons. The van der Waals surface area contributed by atoms with Crippen LogP contribution >= 0.6 is 0 Å². The smallest absolute Gasteiger partial charge is 0.126 e. The number of halogens is 1. The summed E-state index contributed by atoms with van der Waals surface area (Å²) in [5.41, 5.74) is 1.85. The second-order valence-electron chi connectivity index (χ2n) is 4.49. The van der Waals surface area contributed by atoms with E-state index in [1.165, 1.54) is 6.07 Å². The zero-order valence-electron chi connectivity index (χ0n) is 9.79. The van der Waals surface area contributed by atoms with E-state index < -0.39 is 0 Å². The number of hydrogen-bond acceptors (Lipinski definition) is 2. The molecule has 0 atom stereocenters. The highest BCUT2D eigenvalue weighted by Crippen LogP contribution is 2.22. The van der Waals surface area contributed by atoms with E-state index in [1.54, 1.807) is 14.0 Å². The molecule has 0 saturated heterocycles. The molecule has 1 N–H and O–H groups in total. The number of hydrogen-bond donors (Lipinski definition) is 1. The van der Waals surface area contributed by atoms with Crippen LogP contribution < -0.4 is 5.32 Å². The van der Waals surface area contributed by atoms with Crippen LogP contribution in [0.15, 0.2) is 18.2 Å². The van der Waals surface area contributed by atoms with Gasteiger partial charge in [0.25, 0.3) is 0 Å². The minimum absolute atomic E-state index is 0.133.